The van der Waals surface area contributed by atoms with Gasteiger partial charge in [-0.05, 0) is 27.2 Å². The molecule has 1 aromatic rings. The number of ether oxygens (including phenoxy) is 1. The van der Waals surface area contributed by atoms with E-state index < -0.39 is 0 Å². The molecule has 0 heterocycles. The van der Waals surface area contributed by atoms with Crippen LogP contribution in [0.5, 0.6) is 5.75 Å². The summed E-state index contributed by atoms with van der Waals surface area (Å²) in [7, 11) is 1.02. The van der Waals surface area contributed by atoms with Crippen LogP contribution in [0.4, 0.5) is 0 Å². The molecule has 1 nitrogen and oxygen atoms in total. The highest BCUT2D eigenvalue weighted by Crippen LogP contribution is 2.27. The Morgan fingerprint density at radius 2 is 1.86 bits per heavy atom. The van der Waals surface area contributed by atoms with Gasteiger partial charge in [0, 0.05) is 15.7 Å². The molecule has 1 aromatic carbocycles. The van der Waals surface area contributed by atoms with Gasteiger partial charge in [0.15, 0.2) is 5.01 Å². The molecule has 0 aliphatic carbocycles. The molecule has 1 atom stereocenters. The van der Waals surface area contributed by atoms with Crippen LogP contribution in [0, 0.1) is 5.41 Å². The Morgan fingerprint density at radius 1 is 1.29 bits per heavy atom. The molecule has 0 N–H and O–H groups in total. The fourth-order valence-corrected chi connectivity index (χ4v) is 1.66. The van der Waals surface area contributed by atoms with Crippen LogP contribution in [0.1, 0.15) is 20.8 Å². The number of rotatable bonds is 2. The van der Waals surface area contributed by atoms with Crippen LogP contribution in [-0.2, 0) is 0 Å². The highest BCUT2D eigenvalue weighted by molar-refractivity contribution is 9.09. The predicted molar refractivity (Wildman–Crippen MR) is 68.8 cm³/mol. The SMILES string of the molecule is CC(C)(C)C(Br)Oc1ccccc1[SiH3]. The zero-order valence-corrected chi connectivity index (χ0v) is 12.8. The summed E-state index contributed by atoms with van der Waals surface area (Å²) < 4.78 is 5.86. The lowest BCUT2D eigenvalue weighted by molar-refractivity contribution is 0.172. The molecule has 3 heteroatoms. The molecular weight excluding hydrogens is 256 g/mol. The number of hydrogen-bond acceptors (Lipinski definition) is 1. The van der Waals surface area contributed by atoms with E-state index >= 15 is 0 Å². The molecule has 1 unspecified atom stereocenters. The van der Waals surface area contributed by atoms with Gasteiger partial charge in [-0.25, -0.2) is 0 Å². The maximum Gasteiger partial charge on any atom is 0.158 e. The lowest BCUT2D eigenvalue weighted by Gasteiger charge is -2.26. The molecule has 0 amide bonds. The van der Waals surface area contributed by atoms with E-state index in [-0.39, 0.29) is 10.4 Å². The van der Waals surface area contributed by atoms with Crippen LogP contribution >= 0.6 is 15.9 Å². The minimum Gasteiger partial charge on any atom is -0.479 e. The van der Waals surface area contributed by atoms with E-state index in [1.165, 1.54) is 5.19 Å². The fourth-order valence-electron chi connectivity index (χ4n) is 0.977. The molecule has 78 valence electrons. The highest BCUT2D eigenvalue weighted by Gasteiger charge is 2.23. The Kier molecular flexibility index (Phi) is 3.78. The van der Waals surface area contributed by atoms with Crippen molar-refractivity contribution in [2.75, 3.05) is 0 Å². The van der Waals surface area contributed by atoms with Gasteiger partial charge in [-0.1, -0.05) is 39.0 Å². The number of benzene rings is 1. The van der Waals surface area contributed by atoms with Crippen LogP contribution in [0.25, 0.3) is 0 Å². The Balaban J connectivity index is 2.75. The van der Waals surface area contributed by atoms with Crippen LogP contribution in [0.2, 0.25) is 0 Å². The molecule has 0 aliphatic rings. The Bertz CT molecular complexity index is 306. The summed E-state index contributed by atoms with van der Waals surface area (Å²) in [5.41, 5.74) is 0.115. The minimum atomic E-state index is 0.0603. The predicted octanol–water partition coefficient (Wildman–Crippen LogP) is 1.82. The third-order valence-electron chi connectivity index (χ3n) is 2.00. The molecule has 0 saturated carbocycles. The van der Waals surface area contributed by atoms with Crippen LogP contribution in [-0.4, -0.2) is 15.3 Å². The molecule has 14 heavy (non-hydrogen) atoms. The van der Waals surface area contributed by atoms with Crippen LogP contribution < -0.4 is 9.92 Å². The first-order chi connectivity index (χ1) is 6.41. The number of hydrogen-bond donors (Lipinski definition) is 0. The average molecular weight is 273 g/mol. The van der Waals surface area contributed by atoms with E-state index in [2.05, 4.69) is 48.8 Å². The zero-order chi connectivity index (χ0) is 10.8. The molecule has 0 spiro atoms. The molecule has 0 saturated heterocycles. The summed E-state index contributed by atoms with van der Waals surface area (Å²) >= 11 is 3.56. The molecule has 0 bridgehead atoms. The maximum absolute atomic E-state index is 5.86. The van der Waals surface area contributed by atoms with Crippen LogP contribution in [0.15, 0.2) is 24.3 Å². The van der Waals surface area contributed by atoms with E-state index in [0.717, 1.165) is 16.0 Å². The smallest absolute Gasteiger partial charge is 0.158 e. The second-order valence-electron chi connectivity index (χ2n) is 4.57. The summed E-state index contributed by atoms with van der Waals surface area (Å²) in [6.07, 6.45) is 0. The third kappa shape index (κ3) is 3.14. The van der Waals surface area contributed by atoms with Gasteiger partial charge in [-0.15, -0.1) is 0 Å². The monoisotopic (exact) mass is 272 g/mol. The normalized spacial score (nSPS) is 14.0. The van der Waals surface area contributed by atoms with Gasteiger partial charge in [0.25, 0.3) is 0 Å². The Morgan fingerprint density at radius 3 is 2.36 bits per heavy atom. The number of halogens is 1. The second kappa shape index (κ2) is 4.49. The van der Waals surface area contributed by atoms with Gasteiger partial charge in [-0.3, -0.25) is 0 Å². The van der Waals surface area contributed by atoms with Gasteiger partial charge < -0.3 is 4.74 Å². The maximum atomic E-state index is 5.86. The van der Waals surface area contributed by atoms with E-state index in [9.17, 15) is 0 Å². The van der Waals surface area contributed by atoms with Crippen molar-refractivity contribution in [2.45, 2.75) is 25.8 Å². The largest absolute Gasteiger partial charge is 0.479 e. The van der Waals surface area contributed by atoms with Crippen molar-refractivity contribution in [3.05, 3.63) is 24.3 Å². The van der Waals surface area contributed by atoms with Crippen molar-refractivity contribution in [2.24, 2.45) is 5.41 Å². The lowest BCUT2D eigenvalue weighted by atomic mass is 9.98. The van der Waals surface area contributed by atoms with Crippen LogP contribution in [0.3, 0.4) is 0 Å². The first-order valence-corrected chi connectivity index (χ1v) is 6.69. The topological polar surface area (TPSA) is 9.23 Å². The van der Waals surface area contributed by atoms with Crippen molar-refractivity contribution in [1.29, 1.82) is 0 Å². The molecule has 0 fully saturated rings. The molecule has 0 radical (unpaired) electrons. The summed E-state index contributed by atoms with van der Waals surface area (Å²) in [6, 6.07) is 8.21. The molecule has 1 rings (SSSR count). The summed E-state index contributed by atoms with van der Waals surface area (Å²) in [6.45, 7) is 6.46. The van der Waals surface area contributed by atoms with E-state index in [0.29, 0.717) is 0 Å². The molecular formula is C11H17BrOSi. The highest BCUT2D eigenvalue weighted by atomic mass is 79.9. The average Bonchev–Trinajstić information content (AvgIpc) is 2.07. The van der Waals surface area contributed by atoms with Crippen molar-refractivity contribution in [3.8, 4) is 5.75 Å². The van der Waals surface area contributed by atoms with Gasteiger partial charge in [0.2, 0.25) is 0 Å². The Labute approximate surface area is 97.4 Å². The van der Waals surface area contributed by atoms with E-state index in [1.807, 2.05) is 12.1 Å². The van der Waals surface area contributed by atoms with Gasteiger partial charge in [0.05, 0.1) is 0 Å². The quantitative estimate of drug-likeness (QED) is 0.590. The van der Waals surface area contributed by atoms with Crippen molar-refractivity contribution in [3.63, 3.8) is 0 Å². The zero-order valence-electron chi connectivity index (χ0n) is 9.17. The van der Waals surface area contributed by atoms with Gasteiger partial charge in [0.1, 0.15) is 5.75 Å². The van der Waals surface area contributed by atoms with Crippen molar-refractivity contribution < 1.29 is 4.74 Å². The lowest BCUT2D eigenvalue weighted by Crippen LogP contribution is -2.27. The summed E-state index contributed by atoms with van der Waals surface area (Å²) in [4.78, 5) is 0. The minimum absolute atomic E-state index is 0.0603. The third-order valence-corrected chi connectivity index (χ3v) is 4.39. The molecule has 0 aromatic heterocycles. The number of para-hydroxylation sites is 1. The van der Waals surface area contributed by atoms with Crippen molar-refractivity contribution in [1.82, 2.24) is 0 Å². The number of alkyl halides is 1. The van der Waals surface area contributed by atoms with E-state index in [4.69, 9.17) is 4.74 Å². The first-order valence-electron chi connectivity index (χ1n) is 4.77. The summed E-state index contributed by atoms with van der Waals surface area (Å²) in [5.74, 6) is 1.01. The van der Waals surface area contributed by atoms with Gasteiger partial charge >= 0.3 is 0 Å². The standard InChI is InChI=1S/C11H17BrOSi/c1-11(2,3)10(12)13-8-6-4-5-7-9(8)14/h4-7,10H,1-3,14H3. The van der Waals surface area contributed by atoms with Gasteiger partial charge in [-0.2, -0.15) is 0 Å². The first kappa shape index (κ1) is 11.8. The fraction of sp³-hybridized carbons (Fsp3) is 0.455. The Hall–Kier alpha value is -0.283. The molecule has 0 aliphatic heterocycles. The summed E-state index contributed by atoms with van der Waals surface area (Å²) in [5, 5.41) is 1.37. The second-order valence-corrected chi connectivity index (χ2v) is 6.47. The van der Waals surface area contributed by atoms with Crippen molar-refractivity contribution >= 4 is 31.4 Å². The van der Waals surface area contributed by atoms with E-state index in [1.54, 1.807) is 0 Å².